The molecule has 0 aliphatic heterocycles. The van der Waals surface area contributed by atoms with Gasteiger partial charge in [-0.25, -0.2) is 9.67 Å². The Morgan fingerprint density at radius 1 is 1.02 bits per heavy atom. The van der Waals surface area contributed by atoms with Crippen LogP contribution in [-0.4, -0.2) is 37.6 Å². The maximum absolute atomic E-state index is 11.4. The van der Waals surface area contributed by atoms with Gasteiger partial charge in [-0.15, -0.1) is 5.10 Å². The van der Waals surface area contributed by atoms with E-state index >= 15 is 0 Å². The number of oxazole rings is 1. The van der Waals surface area contributed by atoms with Gasteiger partial charge in [0, 0.05) is 23.1 Å². The Morgan fingerprint density at radius 3 is 2.45 bits per heavy atom. The summed E-state index contributed by atoms with van der Waals surface area (Å²) in [6, 6.07) is 21.2. The smallest absolute Gasteiger partial charge is 0.349 e. The summed E-state index contributed by atoms with van der Waals surface area (Å²) >= 11 is 0. The number of para-hydroxylation sites is 1. The Labute approximate surface area is 252 Å². The molecule has 0 unspecified atom stereocenters. The Hall–Kier alpha value is -5.16. The molecular formula is C31H29N4O8P. The van der Waals surface area contributed by atoms with Crippen LogP contribution in [0.1, 0.15) is 32.9 Å². The number of nitrogens with two attached hydrogens (primary N) is 1. The molecule has 5 rings (SSSR count). The lowest BCUT2D eigenvalue weighted by atomic mass is 10.1. The molecule has 0 atom stereocenters. The molecule has 0 spiro atoms. The Morgan fingerprint density at radius 2 is 1.77 bits per heavy atom. The SMILES string of the molecule is COc1cc(COc2nn(-c3ccccc3)cc2C=CP(=O)(O)O)ccc1OCc1nc(-c2ccc(C(N)=O)cc2)oc1C. The number of primary amides is 1. The van der Waals surface area contributed by atoms with Crippen molar-refractivity contribution < 1.29 is 37.8 Å². The van der Waals surface area contributed by atoms with Crippen LogP contribution in [0.25, 0.3) is 23.2 Å². The molecule has 3 aromatic carbocycles. The third-order valence-corrected chi connectivity index (χ3v) is 6.99. The fraction of sp³-hybridized carbons (Fsp3) is 0.129. The van der Waals surface area contributed by atoms with Gasteiger partial charge < -0.3 is 34.1 Å². The summed E-state index contributed by atoms with van der Waals surface area (Å²) in [7, 11) is -2.87. The Bertz CT molecular complexity index is 1840. The molecule has 44 heavy (non-hydrogen) atoms. The third kappa shape index (κ3) is 7.42. The molecule has 13 heteroatoms. The first-order chi connectivity index (χ1) is 21.1. The highest BCUT2D eigenvalue weighted by atomic mass is 31.2. The van der Waals surface area contributed by atoms with Gasteiger partial charge in [0.25, 0.3) is 0 Å². The van der Waals surface area contributed by atoms with Crippen LogP contribution in [-0.2, 0) is 17.8 Å². The summed E-state index contributed by atoms with van der Waals surface area (Å²) in [5.41, 5.74) is 8.89. The van der Waals surface area contributed by atoms with Crippen LogP contribution in [0.4, 0.5) is 0 Å². The second-order valence-corrected chi connectivity index (χ2v) is 11.1. The molecule has 0 aliphatic carbocycles. The van der Waals surface area contributed by atoms with Gasteiger partial charge in [0.1, 0.15) is 24.7 Å². The van der Waals surface area contributed by atoms with Crippen LogP contribution >= 0.6 is 7.60 Å². The number of carbonyl (C=O) groups excluding carboxylic acids is 1. The molecule has 0 saturated heterocycles. The number of methoxy groups -OCH3 is 1. The van der Waals surface area contributed by atoms with Gasteiger partial charge >= 0.3 is 7.60 Å². The first-order valence-corrected chi connectivity index (χ1v) is 15.0. The molecule has 5 aromatic rings. The molecule has 0 fully saturated rings. The van der Waals surface area contributed by atoms with Crippen molar-refractivity contribution in [1.82, 2.24) is 14.8 Å². The first kappa shape index (κ1) is 30.3. The lowest BCUT2D eigenvalue weighted by Gasteiger charge is -2.12. The zero-order valence-corrected chi connectivity index (χ0v) is 24.7. The van der Waals surface area contributed by atoms with Crippen molar-refractivity contribution in [2.75, 3.05) is 7.11 Å². The standard InChI is InChI=1S/C31H29N4O8P/c1-20-26(33-30(43-20)23-11-9-22(10-12-23)29(32)36)19-41-27-13-8-21(16-28(27)40-2)18-42-31-24(14-15-44(37,38)39)17-35(34-31)25-6-4-3-5-7-25/h3-17H,18-19H2,1-2H3,(H2,32,36)(H2,37,38,39). The van der Waals surface area contributed by atoms with Crippen molar-refractivity contribution in [2.24, 2.45) is 5.73 Å². The summed E-state index contributed by atoms with van der Waals surface area (Å²) < 4.78 is 36.3. The maximum atomic E-state index is 11.4. The topological polar surface area (TPSA) is 172 Å². The van der Waals surface area contributed by atoms with Crippen molar-refractivity contribution in [3.05, 3.63) is 113 Å². The zero-order chi connectivity index (χ0) is 31.3. The highest BCUT2D eigenvalue weighted by Crippen LogP contribution is 2.38. The number of ether oxygens (including phenoxy) is 3. The number of amides is 1. The summed E-state index contributed by atoms with van der Waals surface area (Å²) in [5, 5.41) is 4.46. The van der Waals surface area contributed by atoms with E-state index < -0.39 is 13.5 Å². The molecule has 0 aliphatic rings. The maximum Gasteiger partial charge on any atom is 0.349 e. The number of carbonyl (C=O) groups is 1. The van der Waals surface area contributed by atoms with Gasteiger partial charge in [-0.1, -0.05) is 24.3 Å². The van der Waals surface area contributed by atoms with E-state index in [0.717, 1.165) is 17.1 Å². The second-order valence-electron chi connectivity index (χ2n) is 9.60. The molecule has 4 N–H and O–H groups in total. The van der Waals surface area contributed by atoms with Crippen LogP contribution in [0.15, 0.2) is 89.2 Å². The largest absolute Gasteiger partial charge is 0.493 e. The normalized spacial score (nSPS) is 11.5. The minimum absolute atomic E-state index is 0.0967. The van der Waals surface area contributed by atoms with E-state index in [9.17, 15) is 19.1 Å². The van der Waals surface area contributed by atoms with Crippen LogP contribution < -0.4 is 19.9 Å². The molecule has 2 heterocycles. The fourth-order valence-electron chi connectivity index (χ4n) is 4.17. The number of hydrogen-bond donors (Lipinski definition) is 3. The van der Waals surface area contributed by atoms with E-state index in [-0.39, 0.29) is 19.1 Å². The van der Waals surface area contributed by atoms with Gasteiger partial charge in [0.2, 0.25) is 17.7 Å². The van der Waals surface area contributed by atoms with Gasteiger partial charge in [-0.2, -0.15) is 0 Å². The number of aromatic nitrogens is 3. The highest BCUT2D eigenvalue weighted by Gasteiger charge is 2.16. The van der Waals surface area contributed by atoms with Gasteiger partial charge in [0.05, 0.1) is 18.4 Å². The zero-order valence-electron chi connectivity index (χ0n) is 23.8. The monoisotopic (exact) mass is 616 g/mol. The van der Waals surface area contributed by atoms with E-state index in [1.807, 2.05) is 30.3 Å². The van der Waals surface area contributed by atoms with E-state index in [1.54, 1.807) is 60.3 Å². The van der Waals surface area contributed by atoms with Crippen LogP contribution in [0.5, 0.6) is 17.4 Å². The minimum atomic E-state index is -4.39. The number of hydrogen-bond acceptors (Lipinski definition) is 8. The average molecular weight is 617 g/mol. The Balaban J connectivity index is 1.28. The van der Waals surface area contributed by atoms with E-state index in [0.29, 0.717) is 45.5 Å². The first-order valence-electron chi connectivity index (χ1n) is 13.3. The van der Waals surface area contributed by atoms with Crippen LogP contribution in [0.3, 0.4) is 0 Å². The quantitative estimate of drug-likeness (QED) is 0.157. The number of benzene rings is 3. The predicted molar refractivity (Wildman–Crippen MR) is 161 cm³/mol. The van der Waals surface area contributed by atoms with E-state index in [2.05, 4.69) is 10.1 Å². The van der Waals surface area contributed by atoms with Gasteiger partial charge in [0.15, 0.2) is 11.5 Å². The highest BCUT2D eigenvalue weighted by molar-refractivity contribution is 7.55. The molecule has 226 valence electrons. The second kappa shape index (κ2) is 13.0. The van der Waals surface area contributed by atoms with Crippen molar-refractivity contribution >= 4 is 19.6 Å². The summed E-state index contributed by atoms with van der Waals surface area (Å²) in [6.07, 6.45) is 2.91. The van der Waals surface area contributed by atoms with Crippen molar-refractivity contribution in [1.29, 1.82) is 0 Å². The number of rotatable bonds is 12. The molecule has 1 amide bonds. The summed E-state index contributed by atoms with van der Waals surface area (Å²) in [6.45, 7) is 2.00. The van der Waals surface area contributed by atoms with E-state index in [4.69, 9.17) is 24.4 Å². The summed E-state index contributed by atoms with van der Waals surface area (Å²) in [5.74, 6) is 2.40. The van der Waals surface area contributed by atoms with Crippen molar-refractivity contribution in [2.45, 2.75) is 20.1 Å². The third-order valence-electron chi connectivity index (χ3n) is 6.45. The van der Waals surface area contributed by atoms with Gasteiger partial charge in [-0.3, -0.25) is 9.36 Å². The molecular weight excluding hydrogens is 587 g/mol. The Kier molecular flexibility index (Phi) is 8.96. The molecule has 0 radical (unpaired) electrons. The van der Waals surface area contributed by atoms with Crippen molar-refractivity contribution in [3.8, 4) is 34.5 Å². The number of aryl methyl sites for hydroxylation is 1. The fourth-order valence-corrected chi connectivity index (χ4v) is 4.52. The lowest BCUT2D eigenvalue weighted by Crippen LogP contribution is -2.10. The molecule has 2 aromatic heterocycles. The molecule has 0 saturated carbocycles. The van der Waals surface area contributed by atoms with Gasteiger partial charge in [-0.05, 0) is 67.1 Å². The summed E-state index contributed by atoms with van der Waals surface area (Å²) in [4.78, 5) is 34.5. The van der Waals surface area contributed by atoms with Crippen LogP contribution in [0.2, 0.25) is 0 Å². The van der Waals surface area contributed by atoms with Crippen molar-refractivity contribution in [3.63, 3.8) is 0 Å². The predicted octanol–water partition coefficient (Wildman–Crippen LogP) is 5.25. The van der Waals surface area contributed by atoms with E-state index in [1.165, 1.54) is 13.2 Å². The molecule has 12 nitrogen and oxygen atoms in total. The lowest BCUT2D eigenvalue weighted by molar-refractivity contribution is 0.1000. The number of nitrogens with zero attached hydrogens (tertiary/aromatic N) is 3. The van der Waals surface area contributed by atoms with Crippen LogP contribution in [0, 0.1) is 6.92 Å². The minimum Gasteiger partial charge on any atom is -0.493 e. The average Bonchev–Trinajstić information content (AvgIpc) is 3.61. The molecule has 0 bridgehead atoms.